The number of carbonyl (C=O) groups is 2. The second-order valence-electron chi connectivity index (χ2n) is 6.25. The van der Waals surface area contributed by atoms with Gasteiger partial charge in [-0.2, -0.15) is 0 Å². The SMILES string of the molecule is O=C(C=Cc1nccs1)N1CCCN(CC(=O)N2CCCC2)CC1. The second-order valence-corrected chi connectivity index (χ2v) is 7.17. The molecule has 3 rings (SSSR count). The van der Waals surface area contributed by atoms with Crippen molar-refractivity contribution in [2.75, 3.05) is 45.8 Å². The standard InChI is InChI=1S/C17H24N4O2S/c22-16(5-4-15-18-6-13-24-15)21-10-3-7-19(11-12-21)14-17(23)20-8-1-2-9-20/h4-6,13H,1-3,7-12,14H2. The van der Waals surface area contributed by atoms with Crippen molar-refractivity contribution in [2.45, 2.75) is 19.3 Å². The molecule has 0 N–H and O–H groups in total. The summed E-state index contributed by atoms with van der Waals surface area (Å²) in [5.74, 6) is 0.258. The van der Waals surface area contributed by atoms with Crippen LogP contribution in [-0.4, -0.2) is 77.3 Å². The van der Waals surface area contributed by atoms with Gasteiger partial charge in [-0.3, -0.25) is 14.5 Å². The molecule has 0 atom stereocenters. The first kappa shape index (κ1) is 17.1. The van der Waals surface area contributed by atoms with E-state index in [1.54, 1.807) is 18.3 Å². The number of nitrogens with zero attached hydrogens (tertiary/aromatic N) is 4. The van der Waals surface area contributed by atoms with Crippen LogP contribution < -0.4 is 0 Å². The van der Waals surface area contributed by atoms with E-state index < -0.39 is 0 Å². The highest BCUT2D eigenvalue weighted by atomic mass is 32.1. The molecule has 0 radical (unpaired) electrons. The molecule has 0 aromatic carbocycles. The first-order valence-electron chi connectivity index (χ1n) is 8.59. The van der Waals surface area contributed by atoms with Crippen molar-refractivity contribution >= 4 is 29.2 Å². The number of carbonyl (C=O) groups excluding carboxylic acids is 2. The van der Waals surface area contributed by atoms with Crippen molar-refractivity contribution in [1.29, 1.82) is 0 Å². The average Bonchev–Trinajstić information content (AvgIpc) is 3.24. The predicted octanol–water partition coefficient (Wildman–Crippen LogP) is 1.31. The first-order chi connectivity index (χ1) is 11.7. The van der Waals surface area contributed by atoms with Crippen LogP contribution in [0.2, 0.25) is 0 Å². The van der Waals surface area contributed by atoms with Gasteiger partial charge in [-0.1, -0.05) is 0 Å². The lowest BCUT2D eigenvalue weighted by Gasteiger charge is -2.23. The summed E-state index contributed by atoms with van der Waals surface area (Å²) in [5.41, 5.74) is 0. The van der Waals surface area contributed by atoms with Gasteiger partial charge in [-0.15, -0.1) is 11.3 Å². The molecule has 2 aliphatic heterocycles. The molecule has 0 aliphatic carbocycles. The van der Waals surface area contributed by atoms with Crippen LogP contribution in [0.25, 0.3) is 6.08 Å². The van der Waals surface area contributed by atoms with Crippen LogP contribution in [0, 0.1) is 0 Å². The van der Waals surface area contributed by atoms with Gasteiger partial charge in [0.1, 0.15) is 5.01 Å². The lowest BCUT2D eigenvalue weighted by molar-refractivity contribution is -0.131. The van der Waals surface area contributed by atoms with Gasteiger partial charge in [0.25, 0.3) is 0 Å². The quantitative estimate of drug-likeness (QED) is 0.770. The molecule has 2 saturated heterocycles. The van der Waals surface area contributed by atoms with Crippen molar-refractivity contribution in [1.82, 2.24) is 19.7 Å². The summed E-state index contributed by atoms with van der Waals surface area (Å²) in [7, 11) is 0. The summed E-state index contributed by atoms with van der Waals surface area (Å²) in [5, 5.41) is 2.74. The number of thiazole rings is 1. The van der Waals surface area contributed by atoms with Gasteiger partial charge in [0.15, 0.2) is 0 Å². The summed E-state index contributed by atoms with van der Waals surface area (Å²) in [6.07, 6.45) is 8.26. The fraction of sp³-hybridized carbons (Fsp3) is 0.588. The van der Waals surface area contributed by atoms with Crippen molar-refractivity contribution in [3.05, 3.63) is 22.7 Å². The minimum atomic E-state index is 0.0259. The zero-order valence-electron chi connectivity index (χ0n) is 13.9. The molecular weight excluding hydrogens is 324 g/mol. The monoisotopic (exact) mass is 348 g/mol. The number of rotatable bonds is 4. The number of hydrogen-bond acceptors (Lipinski definition) is 5. The van der Waals surface area contributed by atoms with Crippen molar-refractivity contribution in [3.63, 3.8) is 0 Å². The average molecular weight is 348 g/mol. The van der Waals surface area contributed by atoms with Gasteiger partial charge in [-0.05, 0) is 25.3 Å². The molecule has 2 fully saturated rings. The Balaban J connectivity index is 1.47. The van der Waals surface area contributed by atoms with Crippen LogP contribution >= 0.6 is 11.3 Å². The van der Waals surface area contributed by atoms with E-state index in [1.807, 2.05) is 15.2 Å². The number of aromatic nitrogens is 1. The Morgan fingerprint density at radius 2 is 1.83 bits per heavy atom. The van der Waals surface area contributed by atoms with E-state index in [1.165, 1.54) is 11.3 Å². The summed E-state index contributed by atoms with van der Waals surface area (Å²) < 4.78 is 0. The van der Waals surface area contributed by atoms with E-state index in [0.29, 0.717) is 13.1 Å². The Hall–Kier alpha value is -1.73. The molecule has 3 heterocycles. The molecule has 24 heavy (non-hydrogen) atoms. The first-order valence-corrected chi connectivity index (χ1v) is 9.47. The zero-order valence-corrected chi connectivity index (χ0v) is 14.7. The van der Waals surface area contributed by atoms with Crippen molar-refractivity contribution < 1.29 is 9.59 Å². The van der Waals surface area contributed by atoms with E-state index >= 15 is 0 Å². The smallest absolute Gasteiger partial charge is 0.246 e. The fourth-order valence-corrected chi connectivity index (χ4v) is 3.70. The number of hydrogen-bond donors (Lipinski definition) is 0. The van der Waals surface area contributed by atoms with Crippen LogP contribution in [0.4, 0.5) is 0 Å². The topological polar surface area (TPSA) is 56.8 Å². The fourth-order valence-electron chi connectivity index (χ4n) is 3.17. The second kappa shape index (κ2) is 8.39. The van der Waals surface area contributed by atoms with Crippen molar-refractivity contribution in [2.24, 2.45) is 0 Å². The Labute approximate surface area is 146 Å². The third-order valence-electron chi connectivity index (χ3n) is 4.54. The zero-order chi connectivity index (χ0) is 16.8. The van der Waals surface area contributed by atoms with Crippen LogP contribution in [-0.2, 0) is 9.59 Å². The largest absolute Gasteiger partial charge is 0.342 e. The van der Waals surface area contributed by atoms with Gasteiger partial charge in [-0.25, -0.2) is 4.98 Å². The molecule has 7 heteroatoms. The molecule has 6 nitrogen and oxygen atoms in total. The summed E-state index contributed by atoms with van der Waals surface area (Å²) in [6, 6.07) is 0. The number of likely N-dealkylation sites (tertiary alicyclic amines) is 1. The molecule has 0 spiro atoms. The molecule has 2 amide bonds. The van der Waals surface area contributed by atoms with E-state index in [0.717, 1.165) is 57.0 Å². The Bertz CT molecular complexity index is 581. The Morgan fingerprint density at radius 1 is 1.04 bits per heavy atom. The predicted molar refractivity (Wildman–Crippen MR) is 94.6 cm³/mol. The third-order valence-corrected chi connectivity index (χ3v) is 5.28. The van der Waals surface area contributed by atoms with E-state index in [2.05, 4.69) is 9.88 Å². The van der Waals surface area contributed by atoms with E-state index in [4.69, 9.17) is 0 Å². The maximum atomic E-state index is 12.3. The maximum Gasteiger partial charge on any atom is 0.246 e. The highest BCUT2D eigenvalue weighted by Gasteiger charge is 2.23. The maximum absolute atomic E-state index is 12.3. The van der Waals surface area contributed by atoms with Crippen molar-refractivity contribution in [3.8, 4) is 0 Å². The minimum Gasteiger partial charge on any atom is -0.342 e. The van der Waals surface area contributed by atoms with Crippen LogP contribution in [0.1, 0.15) is 24.3 Å². The Kier molecular flexibility index (Phi) is 5.98. The van der Waals surface area contributed by atoms with E-state index in [9.17, 15) is 9.59 Å². The van der Waals surface area contributed by atoms with Crippen LogP contribution in [0.5, 0.6) is 0 Å². The molecule has 1 aromatic rings. The summed E-state index contributed by atoms with van der Waals surface area (Å²) in [4.78, 5) is 34.7. The lowest BCUT2D eigenvalue weighted by atomic mass is 10.3. The molecular formula is C17H24N4O2S. The normalized spacial score (nSPS) is 19.8. The number of amides is 2. The molecule has 1 aromatic heterocycles. The summed E-state index contributed by atoms with van der Waals surface area (Å²) >= 11 is 1.52. The lowest BCUT2D eigenvalue weighted by Crippen LogP contribution is -2.41. The molecule has 0 saturated carbocycles. The third kappa shape index (κ3) is 4.64. The van der Waals surface area contributed by atoms with Gasteiger partial charge in [0.05, 0.1) is 6.54 Å². The molecule has 0 bridgehead atoms. The highest BCUT2D eigenvalue weighted by Crippen LogP contribution is 2.11. The minimum absolute atomic E-state index is 0.0259. The van der Waals surface area contributed by atoms with Crippen LogP contribution in [0.15, 0.2) is 17.7 Å². The van der Waals surface area contributed by atoms with E-state index in [-0.39, 0.29) is 11.8 Å². The molecule has 130 valence electrons. The van der Waals surface area contributed by atoms with Crippen LogP contribution in [0.3, 0.4) is 0 Å². The Morgan fingerprint density at radius 3 is 2.58 bits per heavy atom. The van der Waals surface area contributed by atoms with Gasteiger partial charge in [0, 0.05) is 56.9 Å². The van der Waals surface area contributed by atoms with Gasteiger partial charge < -0.3 is 9.80 Å². The highest BCUT2D eigenvalue weighted by molar-refractivity contribution is 7.10. The molecule has 0 unspecified atom stereocenters. The summed E-state index contributed by atoms with van der Waals surface area (Å²) in [6.45, 7) is 5.34. The molecule has 2 aliphatic rings. The van der Waals surface area contributed by atoms with Gasteiger partial charge in [0.2, 0.25) is 11.8 Å². The van der Waals surface area contributed by atoms with Gasteiger partial charge >= 0.3 is 0 Å².